The highest BCUT2D eigenvalue weighted by atomic mass is 35.5. The van der Waals surface area contributed by atoms with Crippen LogP contribution in [0.3, 0.4) is 0 Å². The van der Waals surface area contributed by atoms with E-state index in [1.165, 1.54) is 11.3 Å². The molecule has 0 unspecified atom stereocenters. The molecule has 21 heavy (non-hydrogen) atoms. The standard InChI is InChI=1S/C16H16Cl2O2S/c1-16(2,3)10-5-4-6-11(7-10)20-9-13(19)12-8-14(17)21-15(12)18/h4-8H,9H2,1-3H3. The molecule has 1 aromatic carbocycles. The Hall–Kier alpha value is -1.03. The average Bonchev–Trinajstić information content (AvgIpc) is 2.74. The zero-order valence-corrected chi connectivity index (χ0v) is 14.4. The Labute approximate surface area is 138 Å². The molecule has 0 bridgehead atoms. The zero-order valence-electron chi connectivity index (χ0n) is 12.1. The minimum absolute atomic E-state index is 0.0353. The van der Waals surface area contributed by atoms with Crippen molar-refractivity contribution in [2.45, 2.75) is 26.2 Å². The van der Waals surface area contributed by atoms with Gasteiger partial charge in [0.15, 0.2) is 6.61 Å². The molecule has 5 heteroatoms. The van der Waals surface area contributed by atoms with E-state index in [1.807, 2.05) is 24.3 Å². The lowest BCUT2D eigenvalue weighted by atomic mass is 9.87. The highest BCUT2D eigenvalue weighted by Crippen LogP contribution is 2.31. The van der Waals surface area contributed by atoms with E-state index in [9.17, 15) is 4.79 Å². The summed E-state index contributed by atoms with van der Waals surface area (Å²) in [5.41, 5.74) is 1.61. The van der Waals surface area contributed by atoms with E-state index in [0.29, 0.717) is 20.0 Å². The second kappa shape index (κ2) is 6.39. The van der Waals surface area contributed by atoms with Crippen LogP contribution in [-0.4, -0.2) is 12.4 Å². The molecule has 112 valence electrons. The molecule has 0 fully saturated rings. The number of halogens is 2. The fourth-order valence-corrected chi connectivity index (χ4v) is 3.31. The molecule has 0 saturated heterocycles. The Morgan fingerprint density at radius 1 is 1.24 bits per heavy atom. The molecular weight excluding hydrogens is 327 g/mol. The molecule has 0 atom stereocenters. The number of rotatable bonds is 4. The van der Waals surface area contributed by atoms with E-state index in [1.54, 1.807) is 6.07 Å². The number of carbonyl (C=O) groups is 1. The molecule has 0 radical (unpaired) electrons. The maximum Gasteiger partial charge on any atom is 0.202 e. The fraction of sp³-hybridized carbons (Fsp3) is 0.312. The normalized spacial score (nSPS) is 11.5. The van der Waals surface area contributed by atoms with E-state index in [2.05, 4.69) is 20.8 Å². The van der Waals surface area contributed by atoms with Gasteiger partial charge in [-0.05, 0) is 29.2 Å². The first-order valence-electron chi connectivity index (χ1n) is 6.49. The number of hydrogen-bond acceptors (Lipinski definition) is 3. The summed E-state index contributed by atoms with van der Waals surface area (Å²) in [6.45, 7) is 6.33. The minimum atomic E-state index is -0.177. The average molecular weight is 343 g/mol. The van der Waals surface area contributed by atoms with Crippen molar-refractivity contribution in [2.24, 2.45) is 0 Å². The summed E-state index contributed by atoms with van der Waals surface area (Å²) in [6, 6.07) is 9.34. The third-order valence-electron chi connectivity index (χ3n) is 3.03. The molecular formula is C16H16Cl2O2S. The van der Waals surface area contributed by atoms with Gasteiger partial charge in [0.1, 0.15) is 10.1 Å². The summed E-state index contributed by atoms with van der Waals surface area (Å²) in [4.78, 5) is 12.1. The number of thiophene rings is 1. The van der Waals surface area contributed by atoms with Crippen molar-refractivity contribution in [2.75, 3.05) is 6.61 Å². The number of carbonyl (C=O) groups excluding carboxylic acids is 1. The van der Waals surface area contributed by atoms with Gasteiger partial charge in [0.05, 0.1) is 9.90 Å². The van der Waals surface area contributed by atoms with Crippen LogP contribution in [0.25, 0.3) is 0 Å². The van der Waals surface area contributed by atoms with Gasteiger partial charge in [0, 0.05) is 0 Å². The minimum Gasteiger partial charge on any atom is -0.485 e. The Morgan fingerprint density at radius 2 is 1.95 bits per heavy atom. The van der Waals surface area contributed by atoms with Crippen molar-refractivity contribution >= 4 is 40.3 Å². The molecule has 0 aliphatic heterocycles. The topological polar surface area (TPSA) is 26.3 Å². The number of Topliss-reactive ketones (excluding diaryl/α,β-unsaturated/α-hetero) is 1. The number of ether oxygens (including phenoxy) is 1. The Balaban J connectivity index is 2.07. The molecule has 0 N–H and O–H groups in total. The molecule has 2 rings (SSSR count). The first kappa shape index (κ1) is 16.3. The van der Waals surface area contributed by atoms with Gasteiger partial charge in [-0.2, -0.15) is 0 Å². The molecule has 0 saturated carbocycles. The summed E-state index contributed by atoms with van der Waals surface area (Å²) in [5, 5.41) is 0. The maximum absolute atomic E-state index is 12.1. The van der Waals surface area contributed by atoms with Crippen LogP contribution in [0.2, 0.25) is 8.67 Å². The highest BCUT2D eigenvalue weighted by Gasteiger charge is 2.16. The first-order chi connectivity index (χ1) is 9.77. The second-order valence-corrected chi connectivity index (χ2v) is 8.01. The van der Waals surface area contributed by atoms with E-state index in [-0.39, 0.29) is 17.8 Å². The number of hydrogen-bond donors (Lipinski definition) is 0. The van der Waals surface area contributed by atoms with Gasteiger partial charge in [0.25, 0.3) is 0 Å². The smallest absolute Gasteiger partial charge is 0.202 e. The van der Waals surface area contributed by atoms with E-state index in [0.717, 1.165) is 5.56 Å². The van der Waals surface area contributed by atoms with Gasteiger partial charge < -0.3 is 4.74 Å². The predicted octanol–water partition coefficient (Wildman–Crippen LogP) is 5.61. The van der Waals surface area contributed by atoms with Crippen molar-refractivity contribution in [3.05, 3.63) is 50.1 Å². The Kier molecular flexibility index (Phi) is 4.97. The van der Waals surface area contributed by atoms with Crippen LogP contribution in [0.15, 0.2) is 30.3 Å². The van der Waals surface area contributed by atoms with E-state index >= 15 is 0 Å². The summed E-state index contributed by atoms with van der Waals surface area (Å²) in [6.07, 6.45) is 0. The third-order valence-corrected chi connectivity index (χ3v) is 4.51. The predicted molar refractivity (Wildman–Crippen MR) is 89.3 cm³/mol. The van der Waals surface area contributed by atoms with Crippen LogP contribution in [0.5, 0.6) is 5.75 Å². The molecule has 0 spiro atoms. The molecule has 1 aromatic heterocycles. The van der Waals surface area contributed by atoms with Crippen molar-refractivity contribution in [3.63, 3.8) is 0 Å². The van der Waals surface area contributed by atoms with Crippen LogP contribution >= 0.6 is 34.5 Å². The quantitative estimate of drug-likeness (QED) is 0.674. The lowest BCUT2D eigenvalue weighted by Crippen LogP contribution is -2.13. The molecule has 0 aliphatic carbocycles. The fourth-order valence-electron chi connectivity index (χ4n) is 1.81. The maximum atomic E-state index is 12.1. The van der Waals surface area contributed by atoms with Gasteiger partial charge in [-0.1, -0.05) is 56.1 Å². The molecule has 2 aromatic rings. The Morgan fingerprint density at radius 3 is 2.52 bits per heavy atom. The Bertz CT molecular complexity index is 657. The summed E-state index contributed by atoms with van der Waals surface area (Å²) < 4.78 is 6.47. The monoisotopic (exact) mass is 342 g/mol. The van der Waals surface area contributed by atoms with Crippen LogP contribution < -0.4 is 4.74 Å². The molecule has 0 amide bonds. The summed E-state index contributed by atoms with van der Waals surface area (Å²) in [5.74, 6) is 0.498. The SMILES string of the molecule is CC(C)(C)c1cccc(OCC(=O)c2cc(Cl)sc2Cl)c1. The lowest BCUT2D eigenvalue weighted by Gasteiger charge is -2.19. The van der Waals surface area contributed by atoms with Crippen LogP contribution in [0.4, 0.5) is 0 Å². The van der Waals surface area contributed by atoms with Crippen molar-refractivity contribution in [1.29, 1.82) is 0 Å². The van der Waals surface area contributed by atoms with E-state index < -0.39 is 0 Å². The van der Waals surface area contributed by atoms with Gasteiger partial charge in [-0.3, -0.25) is 4.79 Å². The van der Waals surface area contributed by atoms with E-state index in [4.69, 9.17) is 27.9 Å². The van der Waals surface area contributed by atoms with Crippen LogP contribution in [0, 0.1) is 0 Å². The van der Waals surface area contributed by atoms with Crippen LogP contribution in [-0.2, 0) is 5.41 Å². The van der Waals surface area contributed by atoms with Crippen molar-refractivity contribution in [3.8, 4) is 5.75 Å². The number of benzene rings is 1. The summed E-state index contributed by atoms with van der Waals surface area (Å²) in [7, 11) is 0. The van der Waals surface area contributed by atoms with Crippen molar-refractivity contribution < 1.29 is 9.53 Å². The molecule has 0 aliphatic rings. The van der Waals surface area contributed by atoms with Gasteiger partial charge in [-0.25, -0.2) is 0 Å². The van der Waals surface area contributed by atoms with Crippen molar-refractivity contribution in [1.82, 2.24) is 0 Å². The number of ketones is 1. The van der Waals surface area contributed by atoms with Crippen LogP contribution in [0.1, 0.15) is 36.7 Å². The zero-order chi connectivity index (χ0) is 15.6. The lowest BCUT2D eigenvalue weighted by molar-refractivity contribution is 0.0922. The first-order valence-corrected chi connectivity index (χ1v) is 8.06. The third kappa shape index (κ3) is 4.22. The largest absolute Gasteiger partial charge is 0.485 e. The summed E-state index contributed by atoms with van der Waals surface area (Å²) >= 11 is 13.0. The van der Waals surface area contributed by atoms with Gasteiger partial charge in [-0.15, -0.1) is 11.3 Å². The van der Waals surface area contributed by atoms with Gasteiger partial charge in [0.2, 0.25) is 5.78 Å². The van der Waals surface area contributed by atoms with Gasteiger partial charge >= 0.3 is 0 Å². The highest BCUT2D eigenvalue weighted by molar-refractivity contribution is 7.20. The molecule has 2 nitrogen and oxygen atoms in total. The molecule has 1 heterocycles. The second-order valence-electron chi connectivity index (χ2n) is 5.73.